The fraction of sp³-hybridized carbons (Fsp3) is 0.235. The highest BCUT2D eigenvalue weighted by Gasteiger charge is 2.17. The molecule has 0 aliphatic rings. The van der Waals surface area contributed by atoms with Gasteiger partial charge in [-0.15, -0.1) is 0 Å². The molecule has 0 fully saturated rings. The van der Waals surface area contributed by atoms with Crippen LogP contribution in [0.2, 0.25) is 5.02 Å². The van der Waals surface area contributed by atoms with Gasteiger partial charge in [-0.1, -0.05) is 11.6 Å². The monoisotopic (exact) mass is 380 g/mol. The number of aromatic nitrogens is 1. The fourth-order valence-electron chi connectivity index (χ4n) is 2.06. The zero-order valence-corrected chi connectivity index (χ0v) is 15.1. The number of halogens is 1. The molecule has 0 aliphatic carbocycles. The first-order chi connectivity index (χ1) is 12.5. The molecule has 0 radical (unpaired) electrons. The van der Waals surface area contributed by atoms with Crippen LogP contribution < -0.4 is 19.5 Å². The van der Waals surface area contributed by atoms with Crippen LogP contribution in [0, 0.1) is 0 Å². The fourth-order valence-corrected chi connectivity index (χ4v) is 2.29. The maximum absolute atomic E-state index is 12.1. The van der Waals surface area contributed by atoms with Crippen molar-refractivity contribution in [2.75, 3.05) is 33.3 Å². The van der Waals surface area contributed by atoms with E-state index in [1.165, 1.54) is 45.7 Å². The second kappa shape index (κ2) is 8.91. The highest BCUT2D eigenvalue weighted by molar-refractivity contribution is 6.32. The zero-order valence-electron chi connectivity index (χ0n) is 14.4. The Morgan fingerprint density at radius 2 is 1.85 bits per heavy atom. The van der Waals surface area contributed by atoms with Crippen LogP contribution in [0.4, 0.5) is 5.69 Å². The van der Waals surface area contributed by atoms with E-state index >= 15 is 0 Å². The number of anilines is 1. The van der Waals surface area contributed by atoms with E-state index in [0.717, 1.165) is 0 Å². The first-order valence-electron chi connectivity index (χ1n) is 7.37. The summed E-state index contributed by atoms with van der Waals surface area (Å²) in [6.45, 7) is -0.509. The van der Waals surface area contributed by atoms with Crippen LogP contribution in [0.1, 0.15) is 10.4 Å². The van der Waals surface area contributed by atoms with Crippen molar-refractivity contribution in [1.82, 2.24) is 4.98 Å². The van der Waals surface area contributed by atoms with Crippen molar-refractivity contribution in [3.05, 3.63) is 41.0 Å². The van der Waals surface area contributed by atoms with Gasteiger partial charge in [-0.2, -0.15) is 0 Å². The minimum Gasteiger partial charge on any atom is -0.495 e. The molecule has 0 aliphatic heterocycles. The Morgan fingerprint density at radius 3 is 2.50 bits per heavy atom. The Balaban J connectivity index is 2.04. The van der Waals surface area contributed by atoms with Crippen LogP contribution in [0.5, 0.6) is 17.4 Å². The summed E-state index contributed by atoms with van der Waals surface area (Å²) in [5.74, 6) is -0.485. The number of rotatable bonds is 7. The van der Waals surface area contributed by atoms with E-state index in [2.05, 4.69) is 10.3 Å². The van der Waals surface area contributed by atoms with Gasteiger partial charge >= 0.3 is 5.97 Å². The topological polar surface area (TPSA) is 96.0 Å². The van der Waals surface area contributed by atoms with E-state index in [-0.39, 0.29) is 11.4 Å². The minimum atomic E-state index is -0.731. The Hall–Kier alpha value is -3.00. The Kier molecular flexibility index (Phi) is 6.62. The van der Waals surface area contributed by atoms with Gasteiger partial charge in [0, 0.05) is 18.3 Å². The normalized spacial score (nSPS) is 10.0. The van der Waals surface area contributed by atoms with E-state index in [0.29, 0.717) is 22.2 Å². The number of carbonyl (C=O) groups excluding carboxylic acids is 2. The zero-order chi connectivity index (χ0) is 19.1. The molecule has 1 amide bonds. The highest BCUT2D eigenvalue weighted by atomic mass is 35.5. The average Bonchev–Trinajstić information content (AvgIpc) is 2.66. The molecular formula is C17H17ClN2O6. The lowest BCUT2D eigenvalue weighted by Crippen LogP contribution is -2.21. The summed E-state index contributed by atoms with van der Waals surface area (Å²) in [4.78, 5) is 28.1. The van der Waals surface area contributed by atoms with Crippen molar-refractivity contribution < 1.29 is 28.5 Å². The summed E-state index contributed by atoms with van der Waals surface area (Å²) < 4.78 is 20.2. The number of hydrogen-bond acceptors (Lipinski definition) is 7. The van der Waals surface area contributed by atoms with Gasteiger partial charge in [0.15, 0.2) is 6.61 Å². The lowest BCUT2D eigenvalue weighted by molar-refractivity contribution is -0.119. The Morgan fingerprint density at radius 1 is 1.12 bits per heavy atom. The molecule has 0 spiro atoms. The van der Waals surface area contributed by atoms with Gasteiger partial charge in [0.25, 0.3) is 5.91 Å². The van der Waals surface area contributed by atoms with E-state index in [4.69, 9.17) is 30.5 Å². The third-order valence-electron chi connectivity index (χ3n) is 3.27. The van der Waals surface area contributed by atoms with Gasteiger partial charge in [0.2, 0.25) is 5.88 Å². The van der Waals surface area contributed by atoms with Gasteiger partial charge < -0.3 is 24.3 Å². The van der Waals surface area contributed by atoms with Gasteiger partial charge in [0.05, 0.1) is 32.0 Å². The lowest BCUT2D eigenvalue weighted by Gasteiger charge is -2.13. The minimum absolute atomic E-state index is 0.113. The number of methoxy groups -OCH3 is 3. The number of ether oxygens (including phenoxy) is 4. The quantitative estimate of drug-likeness (QED) is 0.737. The van der Waals surface area contributed by atoms with Crippen LogP contribution in [0.25, 0.3) is 0 Å². The van der Waals surface area contributed by atoms with E-state index in [1.54, 1.807) is 6.07 Å². The number of hydrogen-bond donors (Lipinski definition) is 1. The molecule has 1 aromatic carbocycles. The number of esters is 1. The van der Waals surface area contributed by atoms with Crippen LogP contribution in [0.3, 0.4) is 0 Å². The van der Waals surface area contributed by atoms with Crippen LogP contribution >= 0.6 is 11.6 Å². The third-order valence-corrected chi connectivity index (χ3v) is 3.56. The number of benzene rings is 1. The number of nitrogens with one attached hydrogen (secondary N) is 1. The maximum Gasteiger partial charge on any atom is 0.344 e. The molecule has 1 aromatic heterocycles. The van der Waals surface area contributed by atoms with Crippen molar-refractivity contribution >= 4 is 29.2 Å². The van der Waals surface area contributed by atoms with Crippen LogP contribution in [-0.4, -0.2) is 44.8 Å². The number of nitrogens with zero attached hydrogens (tertiary/aromatic N) is 1. The smallest absolute Gasteiger partial charge is 0.344 e. The number of amides is 1. The molecule has 26 heavy (non-hydrogen) atoms. The predicted molar refractivity (Wildman–Crippen MR) is 94.3 cm³/mol. The molecule has 2 aromatic rings. The molecule has 1 N–H and O–H groups in total. The first-order valence-corrected chi connectivity index (χ1v) is 7.75. The Bertz CT molecular complexity index is 812. The summed E-state index contributed by atoms with van der Waals surface area (Å²) in [5.41, 5.74) is 0.447. The highest BCUT2D eigenvalue weighted by Crippen LogP contribution is 2.35. The third kappa shape index (κ3) is 4.54. The predicted octanol–water partition coefficient (Wildman–Crippen LogP) is 2.56. The molecule has 2 rings (SSSR count). The van der Waals surface area contributed by atoms with E-state index in [9.17, 15) is 9.59 Å². The standard InChI is InChI=1S/C17H17ClN2O6/c1-23-13-8-12(14(24-2)7-11(13)18)20-15(21)9-26-17(22)10-5-4-6-19-16(10)25-3/h4-8H,9H2,1-3H3,(H,20,21). The molecular weight excluding hydrogens is 364 g/mol. The van der Waals surface area contributed by atoms with Gasteiger partial charge in [-0.3, -0.25) is 4.79 Å². The Labute approximate surface area is 155 Å². The lowest BCUT2D eigenvalue weighted by atomic mass is 10.2. The second-order valence-electron chi connectivity index (χ2n) is 4.87. The van der Waals surface area contributed by atoms with Gasteiger partial charge in [-0.05, 0) is 12.1 Å². The SMILES string of the molecule is COc1cc(NC(=O)COC(=O)c2cccnc2OC)c(OC)cc1Cl. The summed E-state index contributed by atoms with van der Waals surface area (Å²) in [7, 11) is 4.26. The van der Waals surface area contributed by atoms with Gasteiger partial charge in [0.1, 0.15) is 17.1 Å². The largest absolute Gasteiger partial charge is 0.495 e. The van der Waals surface area contributed by atoms with Gasteiger partial charge in [-0.25, -0.2) is 9.78 Å². The molecule has 0 saturated heterocycles. The van der Waals surface area contributed by atoms with Crippen LogP contribution in [0.15, 0.2) is 30.5 Å². The maximum atomic E-state index is 12.1. The summed E-state index contributed by atoms with van der Waals surface area (Å²) in [6.07, 6.45) is 1.47. The summed E-state index contributed by atoms with van der Waals surface area (Å²) in [5, 5.41) is 2.90. The van der Waals surface area contributed by atoms with Crippen molar-refractivity contribution in [2.45, 2.75) is 0 Å². The molecule has 0 bridgehead atoms. The molecule has 0 atom stereocenters. The van der Waals surface area contributed by atoms with Crippen LogP contribution in [-0.2, 0) is 9.53 Å². The van der Waals surface area contributed by atoms with E-state index in [1.807, 2.05) is 0 Å². The van der Waals surface area contributed by atoms with Crippen molar-refractivity contribution in [3.8, 4) is 17.4 Å². The van der Waals surface area contributed by atoms with E-state index < -0.39 is 18.5 Å². The number of carbonyl (C=O) groups is 2. The first kappa shape index (κ1) is 19.3. The second-order valence-corrected chi connectivity index (χ2v) is 5.28. The molecule has 0 saturated carbocycles. The van der Waals surface area contributed by atoms with Crippen molar-refractivity contribution in [2.24, 2.45) is 0 Å². The summed E-state index contributed by atoms with van der Waals surface area (Å²) >= 11 is 6.01. The van der Waals surface area contributed by atoms with Crippen molar-refractivity contribution in [1.29, 1.82) is 0 Å². The van der Waals surface area contributed by atoms with Crippen molar-refractivity contribution in [3.63, 3.8) is 0 Å². The number of pyridine rings is 1. The molecule has 0 unspecified atom stereocenters. The summed E-state index contributed by atoms with van der Waals surface area (Å²) in [6, 6.07) is 6.05. The average molecular weight is 381 g/mol. The molecule has 9 heteroatoms. The molecule has 1 heterocycles. The molecule has 138 valence electrons. The molecule has 8 nitrogen and oxygen atoms in total.